The average molecular weight is 492 g/mol. The molecule has 0 aliphatic carbocycles. The largest absolute Gasteiger partial charge is 0.497 e. The number of carbonyl (C=O) groups is 3. The third-order valence-electron chi connectivity index (χ3n) is 4.71. The fraction of sp³-hybridized carbons (Fsp3) is 0.154. The van der Waals surface area contributed by atoms with Crippen molar-refractivity contribution in [3.63, 3.8) is 0 Å². The Bertz CT molecular complexity index is 1260. The highest BCUT2D eigenvalue weighted by Crippen LogP contribution is 2.29. The van der Waals surface area contributed by atoms with Gasteiger partial charge < -0.3 is 24.3 Å². The van der Waals surface area contributed by atoms with Crippen molar-refractivity contribution in [2.45, 2.75) is 6.92 Å². The molecule has 3 aromatic rings. The van der Waals surface area contributed by atoms with E-state index in [2.05, 4.69) is 15.8 Å². The minimum absolute atomic E-state index is 0.219. The van der Waals surface area contributed by atoms with Crippen molar-refractivity contribution in [1.29, 1.82) is 0 Å². The number of benzene rings is 3. The van der Waals surface area contributed by atoms with Crippen LogP contribution in [0.3, 0.4) is 0 Å². The average Bonchev–Trinajstić information content (AvgIpc) is 2.90. The first kappa shape index (κ1) is 25.8. The van der Waals surface area contributed by atoms with Crippen LogP contribution >= 0.6 is 0 Å². The van der Waals surface area contributed by atoms with Crippen LogP contribution < -0.4 is 29.7 Å². The summed E-state index contributed by atoms with van der Waals surface area (Å²) >= 11 is 0. The summed E-state index contributed by atoms with van der Waals surface area (Å²) in [6, 6.07) is 17.8. The Morgan fingerprint density at radius 3 is 2.31 bits per heavy atom. The van der Waals surface area contributed by atoms with E-state index in [0.717, 1.165) is 0 Å². The van der Waals surface area contributed by atoms with Crippen LogP contribution in [0.25, 0.3) is 0 Å². The molecule has 0 atom stereocenters. The molecule has 2 N–H and O–H groups in total. The van der Waals surface area contributed by atoms with E-state index in [1.54, 1.807) is 73.7 Å². The maximum absolute atomic E-state index is 12.5. The number of hydrogen-bond donors (Lipinski definition) is 2. The normalized spacial score (nSPS) is 10.4. The lowest BCUT2D eigenvalue weighted by molar-refractivity contribution is -0.136. The van der Waals surface area contributed by atoms with E-state index in [0.29, 0.717) is 40.7 Å². The second-order valence-corrected chi connectivity index (χ2v) is 7.14. The third kappa shape index (κ3) is 7.07. The van der Waals surface area contributed by atoms with Crippen molar-refractivity contribution in [3.8, 4) is 23.0 Å². The molecule has 0 spiro atoms. The van der Waals surface area contributed by atoms with E-state index in [1.165, 1.54) is 20.4 Å². The maximum atomic E-state index is 12.5. The van der Waals surface area contributed by atoms with Crippen molar-refractivity contribution in [1.82, 2.24) is 5.43 Å². The molecular formula is C26H25N3O7. The monoisotopic (exact) mass is 491 g/mol. The van der Waals surface area contributed by atoms with E-state index >= 15 is 0 Å². The van der Waals surface area contributed by atoms with Crippen LogP contribution in [-0.2, 0) is 9.59 Å². The molecule has 0 aliphatic heterocycles. The number of amides is 2. The quantitative estimate of drug-likeness (QED) is 0.155. The van der Waals surface area contributed by atoms with E-state index in [1.807, 2.05) is 0 Å². The highest BCUT2D eigenvalue weighted by molar-refractivity contribution is 6.39. The van der Waals surface area contributed by atoms with Gasteiger partial charge in [0.1, 0.15) is 11.5 Å². The predicted octanol–water partition coefficient (Wildman–Crippen LogP) is 3.41. The summed E-state index contributed by atoms with van der Waals surface area (Å²) in [5.41, 5.74) is 3.45. The number of esters is 1. The lowest BCUT2D eigenvalue weighted by atomic mass is 10.2. The Kier molecular flexibility index (Phi) is 8.99. The van der Waals surface area contributed by atoms with Crippen molar-refractivity contribution < 1.29 is 33.3 Å². The van der Waals surface area contributed by atoms with E-state index in [-0.39, 0.29) is 5.75 Å². The summed E-state index contributed by atoms with van der Waals surface area (Å²) in [5, 5.41) is 6.26. The molecule has 10 heteroatoms. The summed E-state index contributed by atoms with van der Waals surface area (Å²) in [5.74, 6) is -0.721. The first-order chi connectivity index (χ1) is 17.4. The SMILES string of the molecule is CCOc1cc(/C=N/NC(=O)C(=O)Nc2cccc(OC)c2)ccc1OC(=O)c1ccc(OC)cc1. The number of nitrogens with zero attached hydrogens (tertiary/aromatic N) is 1. The van der Waals surface area contributed by atoms with Crippen molar-refractivity contribution in [2.24, 2.45) is 5.10 Å². The number of nitrogens with one attached hydrogen (secondary N) is 2. The number of rotatable bonds is 9. The van der Waals surface area contributed by atoms with E-state index in [9.17, 15) is 14.4 Å². The molecule has 186 valence electrons. The molecule has 3 aromatic carbocycles. The van der Waals surface area contributed by atoms with Gasteiger partial charge in [-0.05, 0) is 67.1 Å². The molecule has 2 amide bonds. The fourth-order valence-corrected chi connectivity index (χ4v) is 2.95. The first-order valence-electron chi connectivity index (χ1n) is 10.8. The summed E-state index contributed by atoms with van der Waals surface area (Å²) in [6.07, 6.45) is 1.33. The van der Waals surface area contributed by atoms with Gasteiger partial charge in [-0.1, -0.05) is 6.07 Å². The smallest absolute Gasteiger partial charge is 0.343 e. The van der Waals surface area contributed by atoms with Gasteiger partial charge in [-0.25, -0.2) is 10.2 Å². The highest BCUT2D eigenvalue weighted by Gasteiger charge is 2.15. The zero-order valence-electron chi connectivity index (χ0n) is 19.9. The summed E-state index contributed by atoms with van der Waals surface area (Å²) in [6.45, 7) is 2.12. The zero-order valence-corrected chi connectivity index (χ0v) is 19.9. The molecule has 0 aromatic heterocycles. The van der Waals surface area contributed by atoms with Crippen molar-refractivity contribution in [2.75, 3.05) is 26.1 Å². The van der Waals surface area contributed by atoms with Gasteiger partial charge in [0.25, 0.3) is 0 Å². The van der Waals surface area contributed by atoms with Crippen LogP contribution in [0.15, 0.2) is 71.8 Å². The molecule has 0 radical (unpaired) electrons. The molecule has 10 nitrogen and oxygen atoms in total. The molecular weight excluding hydrogens is 466 g/mol. The molecule has 0 bridgehead atoms. The number of anilines is 1. The standard InChI is InChI=1S/C26H25N3O7/c1-4-35-23-14-17(8-13-22(23)36-26(32)18-9-11-20(33-2)12-10-18)16-27-29-25(31)24(30)28-19-6-5-7-21(15-19)34-3/h5-16H,4H2,1-3H3,(H,28,30)(H,29,31)/b27-16+. The highest BCUT2D eigenvalue weighted by atomic mass is 16.6. The van der Waals surface area contributed by atoms with Gasteiger partial charge in [0, 0.05) is 11.8 Å². The molecule has 36 heavy (non-hydrogen) atoms. The van der Waals surface area contributed by atoms with Gasteiger partial charge in [-0.15, -0.1) is 0 Å². The zero-order chi connectivity index (χ0) is 25.9. The maximum Gasteiger partial charge on any atom is 0.343 e. The molecule has 3 rings (SSSR count). The minimum atomic E-state index is -0.954. The van der Waals surface area contributed by atoms with Gasteiger partial charge in [0.2, 0.25) is 0 Å². The van der Waals surface area contributed by atoms with Crippen LogP contribution in [0.4, 0.5) is 5.69 Å². The van der Waals surface area contributed by atoms with Crippen LogP contribution in [0.1, 0.15) is 22.8 Å². The molecule has 0 heterocycles. The Balaban J connectivity index is 1.62. The molecule has 0 saturated carbocycles. The van der Waals surface area contributed by atoms with Gasteiger partial charge in [0.05, 0.1) is 32.6 Å². The van der Waals surface area contributed by atoms with Crippen molar-refractivity contribution >= 4 is 29.7 Å². The first-order valence-corrected chi connectivity index (χ1v) is 10.8. The fourth-order valence-electron chi connectivity index (χ4n) is 2.95. The minimum Gasteiger partial charge on any atom is -0.497 e. The van der Waals surface area contributed by atoms with Crippen LogP contribution in [0, 0.1) is 0 Å². The topological polar surface area (TPSA) is 125 Å². The van der Waals surface area contributed by atoms with Crippen molar-refractivity contribution in [3.05, 3.63) is 77.9 Å². The molecule has 0 unspecified atom stereocenters. The Labute approximate surface area is 207 Å². The molecule has 0 aliphatic rings. The summed E-state index contributed by atoms with van der Waals surface area (Å²) < 4.78 is 21.2. The molecule has 0 fully saturated rings. The second kappa shape index (κ2) is 12.6. The van der Waals surface area contributed by atoms with Crippen LogP contribution in [-0.4, -0.2) is 44.8 Å². The van der Waals surface area contributed by atoms with E-state index in [4.69, 9.17) is 18.9 Å². The number of hydrogen-bond acceptors (Lipinski definition) is 8. The number of hydrazone groups is 1. The number of methoxy groups -OCH3 is 2. The van der Waals surface area contributed by atoms with Gasteiger partial charge in [-0.2, -0.15) is 5.10 Å². The van der Waals surface area contributed by atoms with Gasteiger partial charge in [-0.3, -0.25) is 9.59 Å². The summed E-state index contributed by atoms with van der Waals surface area (Å²) in [4.78, 5) is 36.6. The summed E-state index contributed by atoms with van der Waals surface area (Å²) in [7, 11) is 3.03. The Morgan fingerprint density at radius 2 is 1.61 bits per heavy atom. The lowest BCUT2D eigenvalue weighted by Crippen LogP contribution is -2.32. The third-order valence-corrected chi connectivity index (χ3v) is 4.71. The second-order valence-electron chi connectivity index (χ2n) is 7.14. The number of ether oxygens (including phenoxy) is 4. The number of carbonyl (C=O) groups excluding carboxylic acids is 3. The Hall–Kier alpha value is -4.86. The van der Waals surface area contributed by atoms with Crippen LogP contribution in [0.5, 0.6) is 23.0 Å². The van der Waals surface area contributed by atoms with Gasteiger partial charge >= 0.3 is 17.8 Å². The molecule has 0 saturated heterocycles. The van der Waals surface area contributed by atoms with E-state index < -0.39 is 17.8 Å². The van der Waals surface area contributed by atoms with Gasteiger partial charge in [0.15, 0.2) is 11.5 Å². The Morgan fingerprint density at radius 1 is 0.861 bits per heavy atom. The lowest BCUT2D eigenvalue weighted by Gasteiger charge is -2.11. The van der Waals surface area contributed by atoms with Crippen LogP contribution in [0.2, 0.25) is 0 Å². The predicted molar refractivity (Wildman–Crippen MR) is 133 cm³/mol.